The van der Waals surface area contributed by atoms with Crippen LogP contribution >= 0.6 is 11.6 Å². The molecule has 0 fully saturated rings. The smallest absolute Gasteiger partial charge is 0.179 e. The van der Waals surface area contributed by atoms with Crippen molar-refractivity contribution in [2.45, 2.75) is 26.8 Å². The topological polar surface area (TPSA) is 44.5 Å². The van der Waals surface area contributed by atoms with Crippen molar-refractivity contribution < 1.29 is 9.47 Å². The van der Waals surface area contributed by atoms with Crippen LogP contribution in [0.2, 0.25) is 5.02 Å². The van der Waals surface area contributed by atoms with Crippen LogP contribution in [0.5, 0.6) is 11.5 Å². The summed E-state index contributed by atoms with van der Waals surface area (Å²) in [7, 11) is 1.60. The average molecular weight is 258 g/mol. The molecule has 4 heteroatoms. The maximum atomic E-state index is 6.16. The summed E-state index contributed by atoms with van der Waals surface area (Å²) in [6.45, 7) is 5.33. The van der Waals surface area contributed by atoms with Crippen molar-refractivity contribution >= 4 is 11.6 Å². The van der Waals surface area contributed by atoms with Gasteiger partial charge in [0.25, 0.3) is 0 Å². The predicted molar refractivity (Wildman–Crippen MR) is 70.8 cm³/mol. The third-order valence-corrected chi connectivity index (χ3v) is 3.01. The van der Waals surface area contributed by atoms with Gasteiger partial charge in [-0.05, 0) is 23.6 Å². The highest BCUT2D eigenvalue weighted by molar-refractivity contribution is 6.32. The summed E-state index contributed by atoms with van der Waals surface area (Å²) in [6, 6.07) is 3.67. The zero-order chi connectivity index (χ0) is 12.8. The van der Waals surface area contributed by atoms with E-state index in [2.05, 4.69) is 13.8 Å². The Balaban J connectivity index is 2.89. The lowest BCUT2D eigenvalue weighted by molar-refractivity contribution is 0.244. The van der Waals surface area contributed by atoms with Gasteiger partial charge in [-0.15, -0.1) is 0 Å². The van der Waals surface area contributed by atoms with Crippen LogP contribution < -0.4 is 15.2 Å². The van der Waals surface area contributed by atoms with Gasteiger partial charge in [0.2, 0.25) is 0 Å². The average Bonchev–Trinajstić information content (AvgIpc) is 2.35. The number of rotatable bonds is 6. The van der Waals surface area contributed by atoms with E-state index in [9.17, 15) is 0 Å². The van der Waals surface area contributed by atoms with Crippen LogP contribution in [0.3, 0.4) is 0 Å². The molecule has 0 saturated carbocycles. The van der Waals surface area contributed by atoms with Gasteiger partial charge in [-0.3, -0.25) is 0 Å². The number of hydrogen-bond donors (Lipinski definition) is 1. The molecule has 1 unspecified atom stereocenters. The summed E-state index contributed by atoms with van der Waals surface area (Å²) in [5.74, 6) is 1.73. The van der Waals surface area contributed by atoms with E-state index in [4.69, 9.17) is 26.8 Å². The molecule has 0 aliphatic heterocycles. The molecule has 0 amide bonds. The molecule has 1 aromatic carbocycles. The van der Waals surface area contributed by atoms with Crippen molar-refractivity contribution in [2.24, 2.45) is 11.7 Å². The lowest BCUT2D eigenvalue weighted by atomic mass is 10.1. The molecule has 17 heavy (non-hydrogen) atoms. The molecular formula is C13H20ClNO2. The monoisotopic (exact) mass is 257 g/mol. The number of halogens is 1. The zero-order valence-electron chi connectivity index (χ0n) is 10.6. The van der Waals surface area contributed by atoms with Gasteiger partial charge in [0.15, 0.2) is 11.5 Å². The van der Waals surface area contributed by atoms with Gasteiger partial charge in [-0.2, -0.15) is 0 Å². The highest BCUT2D eigenvalue weighted by Crippen LogP contribution is 2.36. The third kappa shape index (κ3) is 3.79. The molecule has 0 aliphatic rings. The van der Waals surface area contributed by atoms with Gasteiger partial charge in [-0.25, -0.2) is 0 Å². The van der Waals surface area contributed by atoms with E-state index in [0.29, 0.717) is 35.6 Å². The van der Waals surface area contributed by atoms with Crippen molar-refractivity contribution in [1.29, 1.82) is 0 Å². The van der Waals surface area contributed by atoms with Gasteiger partial charge in [0.05, 0.1) is 18.7 Å². The highest BCUT2D eigenvalue weighted by Gasteiger charge is 2.12. The Bertz CT molecular complexity index is 369. The zero-order valence-corrected chi connectivity index (χ0v) is 11.4. The van der Waals surface area contributed by atoms with Crippen LogP contribution in [-0.2, 0) is 6.54 Å². The molecular weight excluding hydrogens is 238 g/mol. The van der Waals surface area contributed by atoms with Crippen LogP contribution in [0, 0.1) is 5.92 Å². The van der Waals surface area contributed by atoms with E-state index in [-0.39, 0.29) is 0 Å². The summed E-state index contributed by atoms with van der Waals surface area (Å²) < 4.78 is 11.0. The van der Waals surface area contributed by atoms with E-state index in [1.807, 2.05) is 12.1 Å². The van der Waals surface area contributed by atoms with E-state index in [1.165, 1.54) is 0 Å². The van der Waals surface area contributed by atoms with Gasteiger partial charge in [0, 0.05) is 6.54 Å². The van der Waals surface area contributed by atoms with E-state index in [1.54, 1.807) is 7.11 Å². The van der Waals surface area contributed by atoms with Crippen molar-refractivity contribution in [3.05, 3.63) is 22.7 Å². The van der Waals surface area contributed by atoms with E-state index >= 15 is 0 Å². The van der Waals surface area contributed by atoms with Crippen molar-refractivity contribution in [2.75, 3.05) is 13.7 Å². The largest absolute Gasteiger partial charge is 0.493 e. The Morgan fingerprint density at radius 2 is 2.12 bits per heavy atom. The first-order valence-electron chi connectivity index (χ1n) is 5.81. The Morgan fingerprint density at radius 1 is 1.41 bits per heavy atom. The second-order valence-corrected chi connectivity index (χ2v) is 4.54. The molecule has 0 bridgehead atoms. The fourth-order valence-corrected chi connectivity index (χ4v) is 1.66. The van der Waals surface area contributed by atoms with Gasteiger partial charge >= 0.3 is 0 Å². The molecule has 2 N–H and O–H groups in total. The number of benzene rings is 1. The van der Waals surface area contributed by atoms with E-state index in [0.717, 1.165) is 12.0 Å². The molecule has 1 aromatic rings. The first-order chi connectivity index (χ1) is 8.12. The normalized spacial score (nSPS) is 12.3. The minimum absolute atomic E-state index is 0.432. The van der Waals surface area contributed by atoms with Crippen molar-refractivity contribution in [3.8, 4) is 11.5 Å². The minimum Gasteiger partial charge on any atom is -0.493 e. The molecule has 1 atom stereocenters. The first-order valence-corrected chi connectivity index (χ1v) is 6.19. The predicted octanol–water partition coefficient (Wildman–Crippen LogP) is 3.23. The summed E-state index contributed by atoms with van der Waals surface area (Å²) >= 11 is 6.16. The number of hydrogen-bond acceptors (Lipinski definition) is 3. The molecule has 3 nitrogen and oxygen atoms in total. The maximum Gasteiger partial charge on any atom is 0.179 e. The van der Waals surface area contributed by atoms with Crippen LogP contribution in [0.4, 0.5) is 0 Å². The van der Waals surface area contributed by atoms with E-state index < -0.39 is 0 Å². The molecule has 96 valence electrons. The van der Waals surface area contributed by atoms with Crippen LogP contribution in [-0.4, -0.2) is 13.7 Å². The summed E-state index contributed by atoms with van der Waals surface area (Å²) in [5.41, 5.74) is 6.51. The molecule has 0 saturated heterocycles. The number of nitrogens with two attached hydrogens (primary N) is 1. The third-order valence-electron chi connectivity index (χ3n) is 2.73. The number of ether oxygens (including phenoxy) is 2. The highest BCUT2D eigenvalue weighted by atomic mass is 35.5. The Hall–Kier alpha value is -0.930. The molecule has 0 spiro atoms. The fourth-order valence-electron chi connectivity index (χ4n) is 1.37. The quantitative estimate of drug-likeness (QED) is 0.851. The molecule has 0 aromatic heterocycles. The van der Waals surface area contributed by atoms with Gasteiger partial charge < -0.3 is 15.2 Å². The Labute approximate surface area is 108 Å². The van der Waals surface area contributed by atoms with Gasteiger partial charge in [0.1, 0.15) is 0 Å². The van der Waals surface area contributed by atoms with Crippen LogP contribution in [0.1, 0.15) is 25.8 Å². The summed E-state index contributed by atoms with van der Waals surface area (Å²) in [4.78, 5) is 0. The Morgan fingerprint density at radius 3 is 2.65 bits per heavy atom. The SMILES string of the molecule is CCC(C)COc1c(Cl)cc(CN)cc1OC. The second-order valence-electron chi connectivity index (χ2n) is 4.14. The molecule has 0 aliphatic carbocycles. The summed E-state index contributed by atoms with van der Waals surface area (Å²) in [5, 5.41) is 0.549. The van der Waals surface area contributed by atoms with Crippen molar-refractivity contribution in [3.63, 3.8) is 0 Å². The summed E-state index contributed by atoms with van der Waals surface area (Å²) in [6.07, 6.45) is 1.07. The molecule has 0 radical (unpaired) electrons. The number of methoxy groups -OCH3 is 1. The minimum atomic E-state index is 0.432. The lowest BCUT2D eigenvalue weighted by Gasteiger charge is -2.16. The van der Waals surface area contributed by atoms with Crippen LogP contribution in [0.15, 0.2) is 12.1 Å². The van der Waals surface area contributed by atoms with Crippen LogP contribution in [0.25, 0.3) is 0 Å². The van der Waals surface area contributed by atoms with Gasteiger partial charge in [-0.1, -0.05) is 31.9 Å². The fraction of sp³-hybridized carbons (Fsp3) is 0.538. The lowest BCUT2D eigenvalue weighted by Crippen LogP contribution is -2.09. The second kappa shape index (κ2) is 6.72. The standard InChI is InChI=1S/C13H20ClNO2/c1-4-9(2)8-17-13-11(14)5-10(7-15)6-12(13)16-3/h5-6,9H,4,7-8,15H2,1-3H3. The first kappa shape index (κ1) is 14.1. The van der Waals surface area contributed by atoms with Crippen molar-refractivity contribution in [1.82, 2.24) is 0 Å². The Kier molecular flexibility index (Phi) is 5.59. The molecule has 1 rings (SSSR count). The maximum absolute atomic E-state index is 6.16. The molecule has 0 heterocycles.